The number of hydrogen-bond donors (Lipinski definition) is 1. The lowest BCUT2D eigenvalue weighted by molar-refractivity contribution is 0.104. The van der Waals surface area contributed by atoms with E-state index in [9.17, 15) is 9.50 Å². The summed E-state index contributed by atoms with van der Waals surface area (Å²) in [6.07, 6.45) is 3.75. The first-order chi connectivity index (χ1) is 8.52. The predicted octanol–water partition coefficient (Wildman–Crippen LogP) is 4.30. The zero-order valence-electron chi connectivity index (χ0n) is 11.5. The molecular weight excluding hydrogens is 227 g/mol. The van der Waals surface area contributed by atoms with Crippen LogP contribution in [0.25, 0.3) is 0 Å². The standard InChI is InChI=1S/C16H23FO/c1-4-12-5-6-13(9-12)16(18)15-11(3)7-10(2)8-14(15)17/h7-8,12-13,16,18H,4-6,9H2,1-3H3. The van der Waals surface area contributed by atoms with Gasteiger partial charge in [-0.25, -0.2) is 4.39 Å². The fraction of sp³-hybridized carbons (Fsp3) is 0.625. The molecule has 1 nitrogen and oxygen atoms in total. The molecule has 0 heterocycles. The van der Waals surface area contributed by atoms with Crippen molar-refractivity contribution >= 4 is 0 Å². The van der Waals surface area contributed by atoms with Gasteiger partial charge in [-0.2, -0.15) is 0 Å². The van der Waals surface area contributed by atoms with Gasteiger partial charge in [-0.3, -0.25) is 0 Å². The summed E-state index contributed by atoms with van der Waals surface area (Å²) in [5, 5.41) is 10.4. The lowest BCUT2D eigenvalue weighted by Gasteiger charge is -2.21. The van der Waals surface area contributed by atoms with Gasteiger partial charge >= 0.3 is 0 Å². The molecule has 100 valence electrons. The second-order valence-corrected chi connectivity index (χ2v) is 5.77. The Labute approximate surface area is 109 Å². The summed E-state index contributed by atoms with van der Waals surface area (Å²) in [5.74, 6) is 0.685. The Morgan fingerprint density at radius 1 is 1.33 bits per heavy atom. The van der Waals surface area contributed by atoms with E-state index in [1.54, 1.807) is 0 Å². The molecule has 1 aliphatic rings. The molecule has 0 aromatic heterocycles. The third-order valence-corrected chi connectivity index (χ3v) is 4.38. The molecule has 0 bridgehead atoms. The van der Waals surface area contributed by atoms with Crippen molar-refractivity contribution in [3.63, 3.8) is 0 Å². The quantitative estimate of drug-likeness (QED) is 0.848. The lowest BCUT2D eigenvalue weighted by atomic mass is 9.89. The molecule has 1 saturated carbocycles. The van der Waals surface area contributed by atoms with Crippen LogP contribution in [0.2, 0.25) is 0 Å². The summed E-state index contributed by atoms with van der Waals surface area (Å²) >= 11 is 0. The summed E-state index contributed by atoms with van der Waals surface area (Å²) < 4.78 is 14.0. The van der Waals surface area contributed by atoms with Crippen LogP contribution in [-0.4, -0.2) is 5.11 Å². The molecule has 0 aliphatic heterocycles. The highest BCUT2D eigenvalue weighted by Crippen LogP contribution is 2.41. The minimum Gasteiger partial charge on any atom is -0.388 e. The number of halogens is 1. The molecule has 1 aliphatic carbocycles. The van der Waals surface area contributed by atoms with Crippen LogP contribution >= 0.6 is 0 Å². The third-order valence-electron chi connectivity index (χ3n) is 4.38. The maximum atomic E-state index is 14.0. The minimum atomic E-state index is -0.637. The Morgan fingerprint density at radius 2 is 2.06 bits per heavy atom. The van der Waals surface area contributed by atoms with Gasteiger partial charge in [0.15, 0.2) is 0 Å². The lowest BCUT2D eigenvalue weighted by Crippen LogP contribution is -2.13. The van der Waals surface area contributed by atoms with Gasteiger partial charge in [0.1, 0.15) is 5.82 Å². The van der Waals surface area contributed by atoms with E-state index in [1.807, 2.05) is 19.9 Å². The molecule has 2 heteroatoms. The van der Waals surface area contributed by atoms with E-state index in [0.29, 0.717) is 11.5 Å². The molecule has 0 spiro atoms. The van der Waals surface area contributed by atoms with Crippen LogP contribution in [0.5, 0.6) is 0 Å². The highest BCUT2D eigenvalue weighted by molar-refractivity contribution is 5.34. The van der Waals surface area contributed by atoms with Crippen molar-refractivity contribution in [3.8, 4) is 0 Å². The Balaban J connectivity index is 2.21. The Hall–Kier alpha value is -0.890. The van der Waals surface area contributed by atoms with Gasteiger partial charge in [0.2, 0.25) is 0 Å². The largest absolute Gasteiger partial charge is 0.388 e. The Bertz CT molecular complexity index is 404. The summed E-state index contributed by atoms with van der Waals surface area (Å²) in [4.78, 5) is 0. The van der Waals surface area contributed by atoms with Gasteiger partial charge in [0.05, 0.1) is 6.10 Å². The van der Waals surface area contributed by atoms with Crippen LogP contribution in [0, 0.1) is 31.5 Å². The average molecular weight is 250 g/mol. The SMILES string of the molecule is CCC1CCC(C(O)c2c(C)cc(C)cc2F)C1. The third kappa shape index (κ3) is 2.59. The predicted molar refractivity (Wildman–Crippen MR) is 72.0 cm³/mol. The van der Waals surface area contributed by atoms with E-state index in [2.05, 4.69) is 6.92 Å². The molecule has 1 N–H and O–H groups in total. The van der Waals surface area contributed by atoms with Gasteiger partial charge in [-0.15, -0.1) is 0 Å². The van der Waals surface area contributed by atoms with Crippen LogP contribution in [0.1, 0.15) is 55.4 Å². The van der Waals surface area contributed by atoms with Gasteiger partial charge < -0.3 is 5.11 Å². The molecular formula is C16H23FO. The van der Waals surface area contributed by atoms with Crippen molar-refractivity contribution in [2.45, 2.75) is 52.6 Å². The monoisotopic (exact) mass is 250 g/mol. The first kappa shape index (κ1) is 13.5. The maximum absolute atomic E-state index is 14.0. The maximum Gasteiger partial charge on any atom is 0.129 e. The molecule has 1 fully saturated rings. The molecule has 0 saturated heterocycles. The fourth-order valence-electron chi connectivity index (χ4n) is 3.31. The number of hydrogen-bond acceptors (Lipinski definition) is 1. The molecule has 0 radical (unpaired) electrons. The van der Waals surface area contributed by atoms with Crippen molar-refractivity contribution < 1.29 is 9.50 Å². The molecule has 2 rings (SSSR count). The zero-order chi connectivity index (χ0) is 13.3. The number of rotatable bonds is 3. The molecule has 1 aromatic rings. The summed E-state index contributed by atoms with van der Waals surface area (Å²) in [7, 11) is 0. The minimum absolute atomic E-state index is 0.228. The number of benzene rings is 1. The van der Waals surface area contributed by atoms with Crippen molar-refractivity contribution in [1.29, 1.82) is 0 Å². The molecule has 3 unspecified atom stereocenters. The van der Waals surface area contributed by atoms with Crippen molar-refractivity contribution in [1.82, 2.24) is 0 Å². The summed E-state index contributed by atoms with van der Waals surface area (Å²) in [6.45, 7) is 5.97. The first-order valence-corrected chi connectivity index (χ1v) is 6.97. The van der Waals surface area contributed by atoms with E-state index >= 15 is 0 Å². The van der Waals surface area contributed by atoms with Crippen molar-refractivity contribution in [2.24, 2.45) is 11.8 Å². The van der Waals surface area contributed by atoms with Gasteiger partial charge in [-0.1, -0.05) is 25.8 Å². The van der Waals surface area contributed by atoms with Gasteiger partial charge in [-0.05, 0) is 55.7 Å². The Morgan fingerprint density at radius 3 is 2.61 bits per heavy atom. The van der Waals surface area contributed by atoms with Crippen molar-refractivity contribution in [2.75, 3.05) is 0 Å². The van der Waals surface area contributed by atoms with Crippen LogP contribution in [0.3, 0.4) is 0 Å². The van der Waals surface area contributed by atoms with E-state index in [1.165, 1.54) is 18.9 Å². The fourth-order valence-corrected chi connectivity index (χ4v) is 3.31. The second kappa shape index (κ2) is 5.40. The number of aliphatic hydroxyl groups is 1. The highest BCUT2D eigenvalue weighted by atomic mass is 19.1. The smallest absolute Gasteiger partial charge is 0.129 e. The number of aliphatic hydroxyl groups excluding tert-OH is 1. The van der Waals surface area contributed by atoms with Gasteiger partial charge in [0, 0.05) is 5.56 Å². The van der Waals surface area contributed by atoms with Gasteiger partial charge in [0.25, 0.3) is 0 Å². The normalized spacial score (nSPS) is 25.4. The van der Waals surface area contributed by atoms with E-state index < -0.39 is 6.10 Å². The van der Waals surface area contributed by atoms with E-state index in [0.717, 1.165) is 24.0 Å². The number of aryl methyl sites for hydroxylation is 2. The first-order valence-electron chi connectivity index (χ1n) is 6.97. The van der Waals surface area contributed by atoms with Crippen LogP contribution in [0.15, 0.2) is 12.1 Å². The van der Waals surface area contributed by atoms with E-state index in [4.69, 9.17) is 0 Å². The topological polar surface area (TPSA) is 20.2 Å². The van der Waals surface area contributed by atoms with Crippen LogP contribution < -0.4 is 0 Å². The molecule has 18 heavy (non-hydrogen) atoms. The Kier molecular flexibility index (Phi) is 4.06. The van der Waals surface area contributed by atoms with E-state index in [-0.39, 0.29) is 11.7 Å². The molecule has 0 amide bonds. The van der Waals surface area contributed by atoms with Crippen molar-refractivity contribution in [3.05, 3.63) is 34.6 Å². The summed E-state index contributed by atoms with van der Waals surface area (Å²) in [6, 6.07) is 3.48. The zero-order valence-corrected chi connectivity index (χ0v) is 11.5. The average Bonchev–Trinajstić information content (AvgIpc) is 2.75. The van der Waals surface area contributed by atoms with Crippen LogP contribution in [0.4, 0.5) is 4.39 Å². The van der Waals surface area contributed by atoms with Crippen LogP contribution in [-0.2, 0) is 0 Å². The highest BCUT2D eigenvalue weighted by Gasteiger charge is 2.31. The molecule has 1 aromatic carbocycles. The summed E-state index contributed by atoms with van der Waals surface area (Å²) in [5.41, 5.74) is 2.31. The molecule has 3 atom stereocenters. The second-order valence-electron chi connectivity index (χ2n) is 5.77.